The van der Waals surface area contributed by atoms with Gasteiger partial charge in [-0.05, 0) is 26.8 Å². The fraction of sp³-hybridized carbons (Fsp3) is 0.727. The molecular formula is C11H19N3O3. The fourth-order valence-electron chi connectivity index (χ4n) is 1.65. The normalized spacial score (nSPS) is 19.1. The molecule has 0 aromatic rings. The maximum atomic E-state index is 11.9. The molecule has 0 radical (unpaired) electrons. The van der Waals surface area contributed by atoms with Gasteiger partial charge >= 0.3 is 0 Å². The second-order valence-electron chi connectivity index (χ2n) is 4.59. The molecule has 0 bridgehead atoms. The lowest BCUT2D eigenvalue weighted by molar-refractivity contribution is -0.155. The lowest BCUT2D eigenvalue weighted by Gasteiger charge is -2.40. The number of rotatable bonds is 4. The first-order chi connectivity index (χ1) is 7.89. The van der Waals surface area contributed by atoms with Gasteiger partial charge in [0.2, 0.25) is 11.8 Å². The number of carbonyl (C=O) groups excluding carboxylic acids is 3. The van der Waals surface area contributed by atoms with Crippen molar-refractivity contribution in [3.63, 3.8) is 0 Å². The van der Waals surface area contributed by atoms with E-state index in [9.17, 15) is 14.4 Å². The monoisotopic (exact) mass is 241 g/mol. The molecule has 0 aromatic carbocycles. The molecule has 1 fully saturated rings. The van der Waals surface area contributed by atoms with Crippen LogP contribution in [-0.4, -0.2) is 47.8 Å². The zero-order chi connectivity index (χ0) is 13.1. The van der Waals surface area contributed by atoms with E-state index >= 15 is 0 Å². The van der Waals surface area contributed by atoms with Crippen molar-refractivity contribution in [2.45, 2.75) is 32.7 Å². The third-order valence-corrected chi connectivity index (χ3v) is 2.79. The first-order valence-corrected chi connectivity index (χ1v) is 5.75. The Bertz CT molecular complexity index is 339. The van der Waals surface area contributed by atoms with E-state index in [2.05, 4.69) is 10.6 Å². The van der Waals surface area contributed by atoms with Crippen LogP contribution in [0.25, 0.3) is 0 Å². The summed E-state index contributed by atoms with van der Waals surface area (Å²) in [6, 6.07) is 0. The van der Waals surface area contributed by atoms with Crippen LogP contribution in [0.4, 0.5) is 0 Å². The Balaban J connectivity index is 2.69. The van der Waals surface area contributed by atoms with Crippen molar-refractivity contribution in [1.82, 2.24) is 15.5 Å². The van der Waals surface area contributed by atoms with Gasteiger partial charge in [-0.2, -0.15) is 0 Å². The summed E-state index contributed by atoms with van der Waals surface area (Å²) in [4.78, 5) is 36.1. The van der Waals surface area contributed by atoms with Crippen LogP contribution in [0.15, 0.2) is 0 Å². The molecule has 2 N–H and O–H groups in total. The molecule has 1 aliphatic heterocycles. The molecule has 6 nitrogen and oxygen atoms in total. The Labute approximate surface area is 101 Å². The van der Waals surface area contributed by atoms with Gasteiger partial charge in [0, 0.05) is 0 Å². The summed E-state index contributed by atoms with van der Waals surface area (Å²) in [5, 5.41) is 5.19. The van der Waals surface area contributed by atoms with E-state index in [4.69, 9.17) is 0 Å². The van der Waals surface area contributed by atoms with Gasteiger partial charge in [-0.25, -0.2) is 0 Å². The zero-order valence-corrected chi connectivity index (χ0v) is 10.5. The highest BCUT2D eigenvalue weighted by atomic mass is 16.2. The highest BCUT2D eigenvalue weighted by molar-refractivity contribution is 6.06. The van der Waals surface area contributed by atoms with E-state index < -0.39 is 17.4 Å². The summed E-state index contributed by atoms with van der Waals surface area (Å²) in [6.45, 7) is 6.08. The smallest absolute Gasteiger partial charge is 0.252 e. The largest absolute Gasteiger partial charge is 0.318 e. The SMILES string of the molecule is CCCNCC(=O)N1CC(=O)NC(=O)C1(C)C. The van der Waals surface area contributed by atoms with Crippen molar-refractivity contribution in [3.05, 3.63) is 0 Å². The summed E-state index contributed by atoms with van der Waals surface area (Å²) in [7, 11) is 0. The predicted octanol–water partition coefficient (Wildman–Crippen LogP) is -0.750. The molecule has 1 saturated heterocycles. The Kier molecular flexibility index (Phi) is 4.22. The van der Waals surface area contributed by atoms with Gasteiger partial charge in [0.25, 0.3) is 5.91 Å². The van der Waals surface area contributed by atoms with Crippen LogP contribution in [0.2, 0.25) is 0 Å². The summed E-state index contributed by atoms with van der Waals surface area (Å²) in [6.07, 6.45) is 0.927. The lowest BCUT2D eigenvalue weighted by Crippen LogP contribution is -2.66. The van der Waals surface area contributed by atoms with E-state index in [0.717, 1.165) is 13.0 Å². The number of nitrogens with one attached hydrogen (secondary N) is 2. The third kappa shape index (κ3) is 3.03. The molecule has 0 unspecified atom stereocenters. The average molecular weight is 241 g/mol. The summed E-state index contributed by atoms with van der Waals surface area (Å²) in [5.74, 6) is -1.09. The van der Waals surface area contributed by atoms with Crippen LogP contribution >= 0.6 is 0 Å². The van der Waals surface area contributed by atoms with Crippen molar-refractivity contribution in [2.24, 2.45) is 0 Å². The van der Waals surface area contributed by atoms with Gasteiger partial charge < -0.3 is 10.2 Å². The van der Waals surface area contributed by atoms with Crippen LogP contribution in [0.5, 0.6) is 0 Å². The van der Waals surface area contributed by atoms with Crippen LogP contribution in [0.1, 0.15) is 27.2 Å². The molecular weight excluding hydrogens is 222 g/mol. The number of hydrogen-bond donors (Lipinski definition) is 2. The topological polar surface area (TPSA) is 78.5 Å². The van der Waals surface area contributed by atoms with Crippen molar-refractivity contribution in [1.29, 1.82) is 0 Å². The summed E-state index contributed by atoms with van der Waals surface area (Å²) < 4.78 is 0. The summed E-state index contributed by atoms with van der Waals surface area (Å²) in [5.41, 5.74) is -0.973. The van der Waals surface area contributed by atoms with Gasteiger partial charge in [0.15, 0.2) is 0 Å². The number of carbonyl (C=O) groups is 3. The molecule has 96 valence electrons. The van der Waals surface area contributed by atoms with Gasteiger partial charge in [-0.3, -0.25) is 19.7 Å². The molecule has 17 heavy (non-hydrogen) atoms. The van der Waals surface area contributed by atoms with Crippen LogP contribution in [-0.2, 0) is 14.4 Å². The Morgan fingerprint density at radius 2 is 2.12 bits per heavy atom. The number of imide groups is 1. The third-order valence-electron chi connectivity index (χ3n) is 2.79. The van der Waals surface area contributed by atoms with E-state index in [1.165, 1.54) is 4.90 Å². The summed E-state index contributed by atoms with van der Waals surface area (Å²) >= 11 is 0. The van der Waals surface area contributed by atoms with E-state index in [-0.39, 0.29) is 19.0 Å². The van der Waals surface area contributed by atoms with Crippen molar-refractivity contribution < 1.29 is 14.4 Å². The van der Waals surface area contributed by atoms with Gasteiger partial charge in [-0.1, -0.05) is 6.92 Å². The standard InChI is InChI=1S/C11H19N3O3/c1-4-5-12-6-9(16)14-7-8(15)13-10(17)11(14,2)3/h12H,4-7H2,1-3H3,(H,13,15,17). The number of amides is 3. The molecule has 0 saturated carbocycles. The lowest BCUT2D eigenvalue weighted by atomic mass is 9.98. The van der Waals surface area contributed by atoms with E-state index in [1.54, 1.807) is 13.8 Å². The quantitative estimate of drug-likeness (QED) is 0.501. The zero-order valence-electron chi connectivity index (χ0n) is 10.5. The number of nitrogens with zero attached hydrogens (tertiary/aromatic N) is 1. The van der Waals surface area contributed by atoms with Crippen molar-refractivity contribution >= 4 is 17.7 Å². The van der Waals surface area contributed by atoms with Crippen molar-refractivity contribution in [2.75, 3.05) is 19.6 Å². The molecule has 1 heterocycles. The van der Waals surface area contributed by atoms with Crippen molar-refractivity contribution in [3.8, 4) is 0 Å². The van der Waals surface area contributed by atoms with Crippen LogP contribution in [0.3, 0.4) is 0 Å². The first-order valence-electron chi connectivity index (χ1n) is 5.75. The Morgan fingerprint density at radius 1 is 1.47 bits per heavy atom. The first kappa shape index (κ1) is 13.6. The van der Waals surface area contributed by atoms with E-state index in [1.807, 2.05) is 6.92 Å². The number of piperazine rings is 1. The van der Waals surface area contributed by atoms with Gasteiger partial charge in [0.1, 0.15) is 12.1 Å². The van der Waals surface area contributed by atoms with Gasteiger partial charge in [0.05, 0.1) is 6.54 Å². The minimum Gasteiger partial charge on any atom is -0.318 e. The molecule has 0 aliphatic carbocycles. The van der Waals surface area contributed by atoms with E-state index in [0.29, 0.717) is 0 Å². The maximum absolute atomic E-state index is 11.9. The molecule has 6 heteroatoms. The minimum absolute atomic E-state index is 0.0641. The Hall–Kier alpha value is -1.43. The highest BCUT2D eigenvalue weighted by Crippen LogP contribution is 2.17. The molecule has 3 amide bonds. The maximum Gasteiger partial charge on any atom is 0.252 e. The van der Waals surface area contributed by atoms with Crippen LogP contribution < -0.4 is 10.6 Å². The second-order valence-corrected chi connectivity index (χ2v) is 4.59. The molecule has 1 rings (SSSR count). The van der Waals surface area contributed by atoms with Crippen LogP contribution in [0, 0.1) is 0 Å². The highest BCUT2D eigenvalue weighted by Gasteiger charge is 2.43. The second kappa shape index (κ2) is 5.27. The fourth-order valence-corrected chi connectivity index (χ4v) is 1.65. The molecule has 0 aromatic heterocycles. The average Bonchev–Trinajstić information content (AvgIpc) is 2.24. The predicted molar refractivity (Wildman–Crippen MR) is 62.1 cm³/mol. The minimum atomic E-state index is -0.973. The Morgan fingerprint density at radius 3 is 2.71 bits per heavy atom. The molecule has 0 spiro atoms. The number of hydrogen-bond acceptors (Lipinski definition) is 4. The van der Waals surface area contributed by atoms with Gasteiger partial charge in [-0.15, -0.1) is 0 Å². The molecule has 1 aliphatic rings. The molecule has 0 atom stereocenters.